The minimum atomic E-state index is 0. The quantitative estimate of drug-likeness (QED) is 0.525. The van der Waals surface area contributed by atoms with Crippen LogP contribution in [0.1, 0.15) is 79.6 Å². The van der Waals surface area contributed by atoms with Crippen molar-refractivity contribution >= 4 is 0 Å². The van der Waals surface area contributed by atoms with Gasteiger partial charge in [-0.15, -0.1) is 0 Å². The van der Waals surface area contributed by atoms with Gasteiger partial charge in [-0.2, -0.15) is 0 Å². The molecule has 0 bridgehead atoms. The van der Waals surface area contributed by atoms with Gasteiger partial charge in [0.1, 0.15) is 0 Å². The van der Waals surface area contributed by atoms with Gasteiger partial charge in [-0.3, -0.25) is 0 Å². The SMILES string of the molecule is C.CCC.CCC1CCC2CCCCC12. The van der Waals surface area contributed by atoms with E-state index in [1.807, 2.05) is 0 Å². The van der Waals surface area contributed by atoms with Crippen LogP contribution in [0, 0.1) is 17.8 Å². The summed E-state index contributed by atoms with van der Waals surface area (Å²) in [5.74, 6) is 3.41. The number of fused-ring (bicyclic) bond motifs is 1. The molecule has 0 heteroatoms. The zero-order chi connectivity index (χ0) is 10.4. The second-order valence-electron chi connectivity index (χ2n) is 5.16. The van der Waals surface area contributed by atoms with Gasteiger partial charge in [-0.1, -0.05) is 60.3 Å². The van der Waals surface area contributed by atoms with Crippen LogP contribution in [0.15, 0.2) is 0 Å². The van der Waals surface area contributed by atoms with Crippen molar-refractivity contribution < 1.29 is 0 Å². The van der Waals surface area contributed by atoms with E-state index >= 15 is 0 Å². The van der Waals surface area contributed by atoms with Gasteiger partial charge in [0, 0.05) is 0 Å². The maximum atomic E-state index is 2.38. The molecule has 0 amide bonds. The molecule has 92 valence electrons. The predicted molar refractivity (Wildman–Crippen MR) is 71.2 cm³/mol. The van der Waals surface area contributed by atoms with E-state index < -0.39 is 0 Å². The van der Waals surface area contributed by atoms with Crippen molar-refractivity contribution in [3.05, 3.63) is 0 Å². The molecule has 2 rings (SSSR count). The Balaban J connectivity index is 0.000000443. The molecule has 3 atom stereocenters. The summed E-state index contributed by atoms with van der Waals surface area (Å²) in [5.41, 5.74) is 0. The fourth-order valence-electron chi connectivity index (χ4n) is 3.36. The largest absolute Gasteiger partial charge is 0.0776 e. The first kappa shape index (κ1) is 15.0. The van der Waals surface area contributed by atoms with Crippen LogP contribution in [0.2, 0.25) is 0 Å². The van der Waals surface area contributed by atoms with Gasteiger partial charge in [-0.05, 0) is 37.0 Å². The fraction of sp³-hybridized carbons (Fsp3) is 1.00. The second-order valence-corrected chi connectivity index (χ2v) is 5.16. The fourth-order valence-corrected chi connectivity index (χ4v) is 3.36. The van der Waals surface area contributed by atoms with Crippen molar-refractivity contribution in [2.24, 2.45) is 17.8 Å². The second kappa shape index (κ2) is 8.19. The van der Waals surface area contributed by atoms with Crippen molar-refractivity contribution in [2.75, 3.05) is 0 Å². The lowest BCUT2D eigenvalue weighted by Gasteiger charge is -2.28. The molecule has 0 nitrogen and oxygen atoms in total. The molecule has 2 aliphatic rings. The molecule has 0 heterocycles. The van der Waals surface area contributed by atoms with Crippen LogP contribution in [-0.2, 0) is 0 Å². The Hall–Kier alpha value is 0. The van der Waals surface area contributed by atoms with E-state index in [0.717, 1.165) is 17.8 Å². The Morgan fingerprint density at radius 1 is 0.867 bits per heavy atom. The molecule has 2 saturated carbocycles. The summed E-state index contributed by atoms with van der Waals surface area (Å²) in [7, 11) is 0. The summed E-state index contributed by atoms with van der Waals surface area (Å²) < 4.78 is 0. The number of rotatable bonds is 1. The van der Waals surface area contributed by atoms with Crippen LogP contribution in [0.5, 0.6) is 0 Å². The Labute approximate surface area is 97.8 Å². The summed E-state index contributed by atoms with van der Waals surface area (Å²) in [4.78, 5) is 0. The molecule has 15 heavy (non-hydrogen) atoms. The highest BCUT2D eigenvalue weighted by Crippen LogP contribution is 2.46. The topological polar surface area (TPSA) is 0 Å². The highest BCUT2D eigenvalue weighted by atomic mass is 14.4. The summed E-state index contributed by atoms with van der Waals surface area (Å²) in [5, 5.41) is 0. The molecule has 2 aliphatic carbocycles. The van der Waals surface area contributed by atoms with Gasteiger partial charge in [0.2, 0.25) is 0 Å². The zero-order valence-electron chi connectivity index (χ0n) is 10.4. The lowest BCUT2D eigenvalue weighted by Crippen LogP contribution is -2.18. The predicted octanol–water partition coefficient (Wildman–Crippen LogP) is 5.67. The van der Waals surface area contributed by atoms with Crippen LogP contribution in [0.4, 0.5) is 0 Å². The van der Waals surface area contributed by atoms with E-state index in [-0.39, 0.29) is 7.43 Å². The molecule has 0 radical (unpaired) electrons. The molecular formula is C15H32. The first-order chi connectivity index (χ1) is 6.83. The molecule has 0 spiro atoms. The third-order valence-electron chi connectivity index (χ3n) is 4.01. The third-order valence-corrected chi connectivity index (χ3v) is 4.01. The Bertz CT molecular complexity index is 133. The lowest BCUT2D eigenvalue weighted by molar-refractivity contribution is 0.224. The van der Waals surface area contributed by atoms with Crippen molar-refractivity contribution in [1.82, 2.24) is 0 Å². The standard InChI is InChI=1S/C11H20.C3H8.CH4/c1-2-9-7-8-10-5-3-4-6-11(9)10;1-3-2;/h9-11H,2-8H2,1H3;3H2,1-2H3;1H4. The monoisotopic (exact) mass is 212 g/mol. The molecule has 0 aromatic heterocycles. The van der Waals surface area contributed by atoms with Crippen LogP contribution < -0.4 is 0 Å². The van der Waals surface area contributed by atoms with E-state index in [1.165, 1.54) is 25.7 Å². The maximum Gasteiger partial charge on any atom is -0.0358 e. The van der Waals surface area contributed by atoms with Crippen molar-refractivity contribution in [2.45, 2.75) is 79.6 Å². The average Bonchev–Trinajstić information content (AvgIpc) is 2.62. The van der Waals surface area contributed by atoms with E-state index in [1.54, 1.807) is 25.7 Å². The van der Waals surface area contributed by atoms with Crippen LogP contribution in [0.3, 0.4) is 0 Å². The van der Waals surface area contributed by atoms with Crippen LogP contribution in [0.25, 0.3) is 0 Å². The van der Waals surface area contributed by atoms with Gasteiger partial charge in [0.25, 0.3) is 0 Å². The minimum absolute atomic E-state index is 0. The van der Waals surface area contributed by atoms with E-state index in [9.17, 15) is 0 Å². The summed E-state index contributed by atoms with van der Waals surface area (Å²) >= 11 is 0. The van der Waals surface area contributed by atoms with Crippen LogP contribution >= 0.6 is 0 Å². The first-order valence-electron chi connectivity index (χ1n) is 6.83. The van der Waals surface area contributed by atoms with Crippen molar-refractivity contribution in [1.29, 1.82) is 0 Å². The average molecular weight is 212 g/mol. The molecular weight excluding hydrogens is 180 g/mol. The summed E-state index contributed by atoms with van der Waals surface area (Å²) in [6, 6.07) is 0. The van der Waals surface area contributed by atoms with E-state index in [2.05, 4.69) is 20.8 Å². The minimum Gasteiger partial charge on any atom is -0.0776 e. The molecule has 2 fully saturated rings. The van der Waals surface area contributed by atoms with E-state index in [0.29, 0.717) is 0 Å². The number of hydrogen-bond acceptors (Lipinski definition) is 0. The first-order valence-corrected chi connectivity index (χ1v) is 6.83. The maximum absolute atomic E-state index is 2.38. The highest BCUT2D eigenvalue weighted by Gasteiger charge is 2.35. The Morgan fingerprint density at radius 3 is 2.07 bits per heavy atom. The van der Waals surface area contributed by atoms with Crippen molar-refractivity contribution in [3.8, 4) is 0 Å². The molecule has 0 aromatic rings. The molecule has 0 aromatic carbocycles. The van der Waals surface area contributed by atoms with Gasteiger partial charge >= 0.3 is 0 Å². The molecule has 0 saturated heterocycles. The summed E-state index contributed by atoms with van der Waals surface area (Å²) in [6.07, 6.45) is 12.0. The van der Waals surface area contributed by atoms with Gasteiger partial charge in [-0.25, -0.2) is 0 Å². The highest BCUT2D eigenvalue weighted by molar-refractivity contribution is 4.86. The van der Waals surface area contributed by atoms with Crippen molar-refractivity contribution in [3.63, 3.8) is 0 Å². The summed E-state index contributed by atoms with van der Waals surface area (Å²) in [6.45, 7) is 6.63. The molecule has 0 aliphatic heterocycles. The normalized spacial score (nSPS) is 33.4. The Kier molecular flexibility index (Phi) is 8.19. The van der Waals surface area contributed by atoms with Crippen LogP contribution in [-0.4, -0.2) is 0 Å². The lowest BCUT2D eigenvalue weighted by atomic mass is 9.77. The third kappa shape index (κ3) is 4.17. The zero-order valence-corrected chi connectivity index (χ0v) is 10.4. The van der Waals surface area contributed by atoms with E-state index in [4.69, 9.17) is 0 Å². The Morgan fingerprint density at radius 2 is 1.47 bits per heavy atom. The number of hydrogen-bond donors (Lipinski definition) is 0. The van der Waals surface area contributed by atoms with Gasteiger partial charge in [0.05, 0.1) is 0 Å². The smallest absolute Gasteiger partial charge is 0.0358 e. The molecule has 0 N–H and O–H groups in total. The molecule has 3 unspecified atom stereocenters. The van der Waals surface area contributed by atoms with Gasteiger partial charge in [0.15, 0.2) is 0 Å². The van der Waals surface area contributed by atoms with Gasteiger partial charge < -0.3 is 0 Å².